The summed E-state index contributed by atoms with van der Waals surface area (Å²) in [6, 6.07) is 1.82. The lowest BCUT2D eigenvalue weighted by Gasteiger charge is -2.45. The van der Waals surface area contributed by atoms with Crippen LogP contribution in [0, 0.1) is 0 Å². The maximum atomic E-state index is 12.5. The van der Waals surface area contributed by atoms with Gasteiger partial charge in [-0.2, -0.15) is 13.2 Å². The Hall–Kier alpha value is -2.16. The molecule has 24 heavy (non-hydrogen) atoms. The number of nitrogens with zero attached hydrogens (tertiary/aromatic N) is 4. The number of carbonyl (C=O) groups is 2. The van der Waals surface area contributed by atoms with Crippen molar-refractivity contribution in [2.24, 2.45) is 0 Å². The van der Waals surface area contributed by atoms with Crippen molar-refractivity contribution in [1.29, 1.82) is 0 Å². The van der Waals surface area contributed by atoms with Crippen LogP contribution in [0.5, 0.6) is 0 Å². The Morgan fingerprint density at radius 2 is 2.00 bits per heavy atom. The summed E-state index contributed by atoms with van der Waals surface area (Å²) in [5, 5.41) is 0. The molecule has 2 saturated heterocycles. The van der Waals surface area contributed by atoms with Gasteiger partial charge in [0.1, 0.15) is 11.7 Å². The lowest BCUT2D eigenvalue weighted by molar-refractivity contribution is -0.158. The summed E-state index contributed by atoms with van der Waals surface area (Å²) >= 11 is 0. The second-order valence-corrected chi connectivity index (χ2v) is 6.08. The van der Waals surface area contributed by atoms with E-state index in [-0.39, 0.29) is 18.4 Å². The maximum Gasteiger partial charge on any atom is 0.433 e. The molecule has 1 atom stereocenters. The first-order valence-electron chi connectivity index (χ1n) is 7.54. The summed E-state index contributed by atoms with van der Waals surface area (Å²) in [6.07, 6.45) is -3.25. The molecule has 0 aliphatic carbocycles. The van der Waals surface area contributed by atoms with Crippen LogP contribution >= 0.6 is 0 Å². The van der Waals surface area contributed by atoms with Gasteiger partial charge in [-0.15, -0.1) is 0 Å². The quantitative estimate of drug-likeness (QED) is 0.789. The van der Waals surface area contributed by atoms with Crippen molar-refractivity contribution < 1.29 is 22.8 Å². The molecule has 3 heterocycles. The van der Waals surface area contributed by atoms with Crippen molar-refractivity contribution in [3.05, 3.63) is 29.6 Å². The molecule has 6 nitrogen and oxygen atoms in total. The van der Waals surface area contributed by atoms with Gasteiger partial charge in [0.05, 0.1) is 6.54 Å². The van der Waals surface area contributed by atoms with E-state index in [2.05, 4.69) is 4.98 Å². The van der Waals surface area contributed by atoms with Gasteiger partial charge in [0.25, 0.3) is 0 Å². The molecule has 0 saturated carbocycles. The maximum absolute atomic E-state index is 12.5. The average Bonchev–Trinajstić information content (AvgIpc) is 2.52. The van der Waals surface area contributed by atoms with E-state index in [1.165, 1.54) is 17.2 Å². The van der Waals surface area contributed by atoms with E-state index in [4.69, 9.17) is 0 Å². The third kappa shape index (κ3) is 3.21. The minimum atomic E-state index is -4.45. The van der Waals surface area contributed by atoms with Crippen LogP contribution in [0.3, 0.4) is 0 Å². The van der Waals surface area contributed by atoms with Crippen LogP contribution in [0.25, 0.3) is 0 Å². The number of halogens is 3. The molecule has 0 N–H and O–H groups in total. The van der Waals surface area contributed by atoms with E-state index in [9.17, 15) is 22.8 Å². The van der Waals surface area contributed by atoms with Gasteiger partial charge in [-0.05, 0) is 11.6 Å². The molecule has 2 aliphatic rings. The highest BCUT2D eigenvalue weighted by molar-refractivity contribution is 5.95. The van der Waals surface area contributed by atoms with Crippen LogP contribution in [0.1, 0.15) is 11.3 Å². The highest BCUT2D eigenvalue weighted by atomic mass is 19.4. The van der Waals surface area contributed by atoms with Crippen LogP contribution in [0.2, 0.25) is 0 Å². The number of aromatic nitrogens is 1. The minimum Gasteiger partial charge on any atom is -0.335 e. The molecule has 2 aliphatic heterocycles. The highest BCUT2D eigenvalue weighted by Crippen LogP contribution is 2.27. The van der Waals surface area contributed by atoms with Crippen LogP contribution in [0.4, 0.5) is 13.2 Å². The van der Waals surface area contributed by atoms with Crippen molar-refractivity contribution in [1.82, 2.24) is 19.7 Å². The third-order valence-corrected chi connectivity index (χ3v) is 4.34. The molecule has 3 rings (SSSR count). The van der Waals surface area contributed by atoms with E-state index in [0.29, 0.717) is 31.7 Å². The van der Waals surface area contributed by atoms with Gasteiger partial charge in [-0.1, -0.05) is 6.07 Å². The molecule has 0 radical (unpaired) electrons. The van der Waals surface area contributed by atoms with Gasteiger partial charge in [0.2, 0.25) is 11.8 Å². The van der Waals surface area contributed by atoms with Gasteiger partial charge in [-0.25, -0.2) is 0 Å². The highest BCUT2D eigenvalue weighted by Gasteiger charge is 2.41. The molecule has 0 aromatic carbocycles. The van der Waals surface area contributed by atoms with Crippen molar-refractivity contribution in [3.63, 3.8) is 0 Å². The topological polar surface area (TPSA) is 56.8 Å². The number of carbonyl (C=O) groups excluding carboxylic acids is 2. The summed E-state index contributed by atoms with van der Waals surface area (Å²) in [7, 11) is 1.59. The number of hydrogen-bond acceptors (Lipinski definition) is 4. The fourth-order valence-electron chi connectivity index (χ4n) is 3.06. The van der Waals surface area contributed by atoms with Crippen LogP contribution < -0.4 is 0 Å². The molecular formula is C15H17F3N4O2. The van der Waals surface area contributed by atoms with E-state index in [1.54, 1.807) is 11.9 Å². The zero-order chi connectivity index (χ0) is 17.5. The Morgan fingerprint density at radius 3 is 2.62 bits per heavy atom. The molecule has 2 amide bonds. The summed E-state index contributed by atoms with van der Waals surface area (Å²) in [4.78, 5) is 32.6. The van der Waals surface area contributed by atoms with Crippen LogP contribution in [-0.4, -0.2) is 70.8 Å². The zero-order valence-corrected chi connectivity index (χ0v) is 13.1. The fraction of sp³-hybridized carbons (Fsp3) is 0.533. The lowest BCUT2D eigenvalue weighted by Crippen LogP contribution is -2.65. The molecular weight excluding hydrogens is 325 g/mol. The summed E-state index contributed by atoms with van der Waals surface area (Å²) in [5.41, 5.74) is -0.287. The van der Waals surface area contributed by atoms with Gasteiger partial charge in [0, 0.05) is 39.4 Å². The molecule has 0 bridgehead atoms. The number of pyridine rings is 1. The van der Waals surface area contributed by atoms with Crippen molar-refractivity contribution >= 4 is 11.8 Å². The molecule has 9 heteroatoms. The largest absolute Gasteiger partial charge is 0.433 e. The van der Waals surface area contributed by atoms with Crippen LogP contribution in [-0.2, 0) is 22.3 Å². The SMILES string of the molecule is CN1CC(=O)N2CCN(Cc3ccc(C(F)(F)F)nc3)C[C@@H]2C1=O. The standard InChI is InChI=1S/C15H17F3N4O2/c1-20-9-13(23)22-5-4-21(8-11(22)14(20)24)7-10-2-3-12(19-6-10)15(16,17)18/h2-3,6,11H,4-5,7-9H2,1H3/t11-/m1/s1. The monoisotopic (exact) mass is 342 g/mol. The molecule has 1 aromatic rings. The second kappa shape index (κ2) is 6.04. The second-order valence-electron chi connectivity index (χ2n) is 6.08. The predicted octanol–water partition coefficient (Wildman–Crippen LogP) is 0.585. The first-order chi connectivity index (χ1) is 11.3. The first kappa shape index (κ1) is 16.7. The third-order valence-electron chi connectivity index (χ3n) is 4.34. The number of fused-ring (bicyclic) bond motifs is 1. The minimum absolute atomic E-state index is 0.0713. The Bertz CT molecular complexity index is 647. The predicted molar refractivity (Wildman–Crippen MR) is 77.7 cm³/mol. The Kier molecular flexibility index (Phi) is 4.20. The van der Waals surface area contributed by atoms with Gasteiger partial charge in [-0.3, -0.25) is 19.5 Å². The van der Waals surface area contributed by atoms with Gasteiger partial charge in [0.15, 0.2) is 0 Å². The lowest BCUT2D eigenvalue weighted by atomic mass is 10.1. The van der Waals surface area contributed by atoms with E-state index < -0.39 is 17.9 Å². The normalized spacial score (nSPS) is 22.8. The van der Waals surface area contributed by atoms with E-state index >= 15 is 0 Å². The number of piperazine rings is 2. The number of alkyl halides is 3. The van der Waals surface area contributed by atoms with Gasteiger partial charge < -0.3 is 9.80 Å². The average molecular weight is 342 g/mol. The zero-order valence-electron chi connectivity index (χ0n) is 13.1. The summed E-state index contributed by atoms with van der Waals surface area (Å²) in [6.45, 7) is 1.87. The Morgan fingerprint density at radius 1 is 1.25 bits per heavy atom. The van der Waals surface area contributed by atoms with Crippen molar-refractivity contribution in [3.8, 4) is 0 Å². The summed E-state index contributed by atoms with van der Waals surface area (Å²) in [5.74, 6) is -0.178. The Labute approximate surface area is 136 Å². The Balaban J connectivity index is 1.67. The summed E-state index contributed by atoms with van der Waals surface area (Å²) < 4.78 is 37.6. The van der Waals surface area contributed by atoms with Crippen molar-refractivity contribution in [2.75, 3.05) is 33.2 Å². The number of hydrogen-bond donors (Lipinski definition) is 0. The van der Waals surface area contributed by atoms with Crippen LogP contribution in [0.15, 0.2) is 18.3 Å². The van der Waals surface area contributed by atoms with Crippen molar-refractivity contribution in [2.45, 2.75) is 18.8 Å². The molecule has 0 unspecified atom stereocenters. The van der Waals surface area contributed by atoms with E-state index in [0.717, 1.165) is 6.07 Å². The molecule has 2 fully saturated rings. The molecule has 0 spiro atoms. The van der Waals surface area contributed by atoms with Gasteiger partial charge >= 0.3 is 6.18 Å². The van der Waals surface area contributed by atoms with E-state index in [1.807, 2.05) is 4.90 Å². The number of amides is 2. The molecule has 1 aromatic heterocycles. The number of rotatable bonds is 2. The molecule has 130 valence electrons. The smallest absolute Gasteiger partial charge is 0.335 e. The number of likely N-dealkylation sites (N-methyl/N-ethyl adjacent to an activating group) is 1. The fourth-order valence-corrected chi connectivity index (χ4v) is 3.06. The first-order valence-corrected chi connectivity index (χ1v) is 7.54.